The van der Waals surface area contributed by atoms with Crippen LogP contribution in [0.5, 0.6) is 0 Å². The third-order valence-corrected chi connectivity index (χ3v) is 3.60. The molecule has 1 rings (SSSR count). The van der Waals surface area contributed by atoms with E-state index in [-0.39, 0.29) is 16.4 Å². The van der Waals surface area contributed by atoms with E-state index in [4.69, 9.17) is 11.6 Å². The van der Waals surface area contributed by atoms with Gasteiger partial charge in [-0.15, -0.1) is 11.3 Å². The highest BCUT2D eigenvalue weighted by molar-refractivity contribution is 7.10. The van der Waals surface area contributed by atoms with E-state index in [1.54, 1.807) is 6.92 Å². The Morgan fingerprint density at radius 1 is 1.47 bits per heavy atom. The predicted molar refractivity (Wildman–Crippen MR) is 61.3 cm³/mol. The first kappa shape index (κ1) is 14.7. The molecular weight excluding hydrogens is 278 g/mol. The van der Waals surface area contributed by atoms with Gasteiger partial charge >= 0.3 is 12.3 Å². The predicted octanol–water partition coefficient (Wildman–Crippen LogP) is 4.34. The molecule has 7 heteroatoms. The first-order valence-corrected chi connectivity index (χ1v) is 6.29. The molecule has 0 bridgehead atoms. The Morgan fingerprint density at radius 2 is 2.12 bits per heavy atom. The molecule has 0 aliphatic rings. The second-order valence-corrected chi connectivity index (χ2v) is 4.85. The number of nitrogens with one attached hydrogen (secondary N) is 1. The van der Waals surface area contributed by atoms with Gasteiger partial charge in [0, 0.05) is 4.88 Å². The lowest BCUT2D eigenvalue weighted by Gasteiger charge is -2.26. The van der Waals surface area contributed by atoms with Crippen molar-refractivity contribution in [3.05, 3.63) is 21.3 Å². The van der Waals surface area contributed by atoms with Crippen molar-refractivity contribution in [3.8, 4) is 0 Å². The summed E-state index contributed by atoms with van der Waals surface area (Å²) in [6.45, 7) is 1.99. The molecule has 0 aliphatic heterocycles. The zero-order valence-corrected chi connectivity index (χ0v) is 10.6. The molecule has 1 nitrogen and oxygen atoms in total. The van der Waals surface area contributed by atoms with Gasteiger partial charge in [0.1, 0.15) is 6.04 Å². The highest BCUT2D eigenvalue weighted by atomic mass is 35.5. The van der Waals surface area contributed by atoms with E-state index in [2.05, 4.69) is 5.32 Å². The van der Waals surface area contributed by atoms with Gasteiger partial charge in [-0.25, -0.2) is 8.78 Å². The SMILES string of the molecule is CCCNC(c1sccc1Cl)C(F)(F)C(F)F. The summed E-state index contributed by atoms with van der Waals surface area (Å²) >= 11 is 6.66. The van der Waals surface area contributed by atoms with Crippen molar-refractivity contribution in [3.63, 3.8) is 0 Å². The summed E-state index contributed by atoms with van der Waals surface area (Å²) in [6.07, 6.45) is -3.16. The fourth-order valence-corrected chi connectivity index (χ4v) is 2.62. The maximum absolute atomic E-state index is 13.4. The number of halogens is 5. The Balaban J connectivity index is 3.00. The largest absolute Gasteiger partial charge is 0.327 e. The molecule has 0 aromatic carbocycles. The molecule has 1 unspecified atom stereocenters. The van der Waals surface area contributed by atoms with Crippen LogP contribution in [-0.4, -0.2) is 18.9 Å². The lowest BCUT2D eigenvalue weighted by molar-refractivity contribution is -0.150. The molecule has 98 valence electrons. The standard InChI is InChI=1S/C10H12ClF4NS/c1-2-4-16-8(10(14,15)9(12)13)7-6(11)3-5-17-7/h3,5,8-9,16H,2,4H2,1H3. The molecule has 1 heterocycles. The van der Waals surface area contributed by atoms with E-state index in [9.17, 15) is 17.6 Å². The fourth-order valence-electron chi connectivity index (χ4n) is 1.33. The van der Waals surface area contributed by atoms with Crippen LogP contribution >= 0.6 is 22.9 Å². The van der Waals surface area contributed by atoms with Crippen LogP contribution in [-0.2, 0) is 0 Å². The van der Waals surface area contributed by atoms with Crippen LogP contribution < -0.4 is 5.32 Å². The number of thiophene rings is 1. The van der Waals surface area contributed by atoms with Crippen molar-refractivity contribution < 1.29 is 17.6 Å². The highest BCUT2D eigenvalue weighted by Crippen LogP contribution is 2.41. The molecule has 1 atom stereocenters. The smallest absolute Gasteiger partial charge is 0.304 e. The topological polar surface area (TPSA) is 12.0 Å². The summed E-state index contributed by atoms with van der Waals surface area (Å²) in [7, 11) is 0. The Labute approximate surface area is 106 Å². The van der Waals surface area contributed by atoms with Crippen LogP contribution in [0.2, 0.25) is 5.02 Å². The zero-order chi connectivity index (χ0) is 13.1. The fraction of sp³-hybridized carbons (Fsp3) is 0.600. The molecule has 0 saturated heterocycles. The summed E-state index contributed by atoms with van der Waals surface area (Å²) in [5.41, 5.74) is 0. The Kier molecular flexibility index (Phi) is 5.22. The van der Waals surface area contributed by atoms with Crippen molar-refractivity contribution in [1.82, 2.24) is 5.32 Å². The molecule has 0 fully saturated rings. The van der Waals surface area contributed by atoms with Crippen LogP contribution in [0.4, 0.5) is 17.6 Å². The van der Waals surface area contributed by atoms with Crippen LogP contribution in [0.15, 0.2) is 11.4 Å². The van der Waals surface area contributed by atoms with Gasteiger partial charge in [-0.05, 0) is 24.4 Å². The van der Waals surface area contributed by atoms with E-state index in [0.717, 1.165) is 11.3 Å². The highest BCUT2D eigenvalue weighted by Gasteiger charge is 2.50. The van der Waals surface area contributed by atoms with Crippen LogP contribution in [0.3, 0.4) is 0 Å². The minimum absolute atomic E-state index is 0.0467. The van der Waals surface area contributed by atoms with E-state index in [0.29, 0.717) is 6.42 Å². The van der Waals surface area contributed by atoms with Crippen molar-refractivity contribution in [1.29, 1.82) is 0 Å². The first-order valence-electron chi connectivity index (χ1n) is 5.03. The van der Waals surface area contributed by atoms with Crippen LogP contribution in [0.1, 0.15) is 24.3 Å². The van der Waals surface area contributed by atoms with Gasteiger partial charge in [0.2, 0.25) is 0 Å². The molecule has 1 N–H and O–H groups in total. The van der Waals surface area contributed by atoms with E-state index >= 15 is 0 Å². The maximum atomic E-state index is 13.4. The summed E-state index contributed by atoms with van der Waals surface area (Å²) in [6, 6.07) is -0.320. The van der Waals surface area contributed by atoms with E-state index < -0.39 is 18.4 Å². The van der Waals surface area contributed by atoms with Crippen molar-refractivity contribution in [2.75, 3.05) is 6.54 Å². The molecule has 0 aliphatic carbocycles. The second kappa shape index (κ2) is 6.02. The lowest BCUT2D eigenvalue weighted by atomic mass is 10.1. The Hall–Kier alpha value is -0.330. The lowest BCUT2D eigenvalue weighted by Crippen LogP contribution is -2.42. The number of rotatable bonds is 6. The third kappa shape index (κ3) is 3.33. The van der Waals surface area contributed by atoms with Crippen molar-refractivity contribution in [2.45, 2.75) is 31.7 Å². The molecule has 0 radical (unpaired) electrons. The van der Waals surface area contributed by atoms with Gasteiger partial charge in [-0.2, -0.15) is 8.78 Å². The van der Waals surface area contributed by atoms with Crippen LogP contribution in [0, 0.1) is 0 Å². The second-order valence-electron chi connectivity index (χ2n) is 3.50. The van der Waals surface area contributed by atoms with Gasteiger partial charge in [-0.3, -0.25) is 0 Å². The summed E-state index contributed by atoms with van der Waals surface area (Å²) in [4.78, 5) is 0.0467. The van der Waals surface area contributed by atoms with Gasteiger partial charge < -0.3 is 5.32 Å². The summed E-state index contributed by atoms with van der Waals surface area (Å²) in [5.74, 6) is -4.14. The number of hydrogen-bond acceptors (Lipinski definition) is 2. The van der Waals surface area contributed by atoms with Crippen molar-refractivity contribution in [2.24, 2.45) is 0 Å². The molecular formula is C10H12ClF4NS. The molecule has 0 saturated carbocycles. The molecule has 0 spiro atoms. The Morgan fingerprint density at radius 3 is 2.53 bits per heavy atom. The molecule has 0 amide bonds. The first-order chi connectivity index (χ1) is 7.91. The number of alkyl halides is 4. The van der Waals surface area contributed by atoms with Gasteiger partial charge in [0.25, 0.3) is 0 Å². The third-order valence-electron chi connectivity index (χ3n) is 2.18. The molecule has 1 aromatic rings. The molecule has 1 aromatic heterocycles. The summed E-state index contributed by atoms with van der Waals surface area (Å²) in [5, 5.41) is 4.02. The monoisotopic (exact) mass is 289 g/mol. The van der Waals surface area contributed by atoms with E-state index in [1.165, 1.54) is 11.4 Å². The minimum Gasteiger partial charge on any atom is -0.304 e. The average molecular weight is 290 g/mol. The van der Waals surface area contributed by atoms with Gasteiger partial charge in [0.05, 0.1) is 5.02 Å². The molecule has 17 heavy (non-hydrogen) atoms. The minimum atomic E-state index is -4.14. The quantitative estimate of drug-likeness (QED) is 0.768. The van der Waals surface area contributed by atoms with Gasteiger partial charge in [-0.1, -0.05) is 18.5 Å². The van der Waals surface area contributed by atoms with Gasteiger partial charge in [0.15, 0.2) is 0 Å². The zero-order valence-electron chi connectivity index (χ0n) is 9.02. The maximum Gasteiger partial charge on any atom is 0.327 e. The Bertz CT molecular complexity index is 356. The number of hydrogen-bond donors (Lipinski definition) is 1. The van der Waals surface area contributed by atoms with Crippen LogP contribution in [0.25, 0.3) is 0 Å². The van der Waals surface area contributed by atoms with E-state index in [1.807, 2.05) is 0 Å². The van der Waals surface area contributed by atoms with Crippen molar-refractivity contribution >= 4 is 22.9 Å². The summed E-state index contributed by atoms with van der Waals surface area (Å²) < 4.78 is 51.6. The average Bonchev–Trinajstić information content (AvgIpc) is 2.65. The normalized spacial score (nSPS) is 14.3.